The highest BCUT2D eigenvalue weighted by Gasteiger charge is 2.30. The zero-order valence-electron chi connectivity index (χ0n) is 11.6. The Kier molecular flexibility index (Phi) is 4.58. The summed E-state index contributed by atoms with van der Waals surface area (Å²) in [4.78, 5) is 0. The summed E-state index contributed by atoms with van der Waals surface area (Å²) in [6.07, 6.45) is -4.32. The number of halogens is 4. The molecule has 2 aromatic rings. The molecule has 21 heavy (non-hydrogen) atoms. The number of aryl methyl sites for hydroxylation is 2. The Morgan fingerprint density at radius 2 is 2.00 bits per heavy atom. The third kappa shape index (κ3) is 3.77. The topological polar surface area (TPSA) is 29.9 Å². The van der Waals surface area contributed by atoms with Gasteiger partial charge in [0, 0.05) is 20.1 Å². The fourth-order valence-electron chi connectivity index (χ4n) is 2.06. The normalized spacial score (nSPS) is 11.9. The second kappa shape index (κ2) is 6.07. The fraction of sp³-hybridized carbons (Fsp3) is 0.357. The van der Waals surface area contributed by atoms with Crippen LogP contribution in [0.25, 0.3) is 0 Å². The fourth-order valence-corrected chi connectivity index (χ4v) is 2.28. The molecule has 0 saturated heterocycles. The molecule has 0 amide bonds. The van der Waals surface area contributed by atoms with Crippen LogP contribution in [0.3, 0.4) is 0 Å². The van der Waals surface area contributed by atoms with Crippen LogP contribution in [0.1, 0.15) is 22.5 Å². The molecule has 0 radical (unpaired) electrons. The lowest BCUT2D eigenvalue weighted by atomic mass is 10.1. The maximum absolute atomic E-state index is 12.6. The lowest BCUT2D eigenvalue weighted by Gasteiger charge is -2.10. The third-order valence-electron chi connectivity index (χ3n) is 3.14. The summed E-state index contributed by atoms with van der Waals surface area (Å²) >= 11 is 6.11. The first-order chi connectivity index (χ1) is 9.79. The Hall–Kier alpha value is -1.53. The molecule has 0 saturated carbocycles. The number of alkyl halides is 3. The molecule has 0 unspecified atom stereocenters. The average Bonchev–Trinajstić information content (AvgIpc) is 2.64. The van der Waals surface area contributed by atoms with E-state index in [9.17, 15) is 13.2 Å². The van der Waals surface area contributed by atoms with Crippen molar-refractivity contribution in [3.05, 3.63) is 51.8 Å². The molecule has 0 aliphatic rings. The maximum atomic E-state index is 12.6. The van der Waals surface area contributed by atoms with Gasteiger partial charge in [-0.3, -0.25) is 4.68 Å². The van der Waals surface area contributed by atoms with Crippen molar-refractivity contribution in [2.24, 2.45) is 7.05 Å². The second-order valence-electron chi connectivity index (χ2n) is 4.77. The Morgan fingerprint density at radius 3 is 2.57 bits per heavy atom. The first-order valence-electron chi connectivity index (χ1n) is 6.34. The molecule has 0 aliphatic heterocycles. The Balaban J connectivity index is 2.01. The van der Waals surface area contributed by atoms with Gasteiger partial charge in [0.1, 0.15) is 0 Å². The molecule has 114 valence electrons. The number of hydrogen-bond acceptors (Lipinski definition) is 2. The summed E-state index contributed by atoms with van der Waals surface area (Å²) in [6, 6.07) is 5.26. The van der Waals surface area contributed by atoms with Crippen LogP contribution in [-0.4, -0.2) is 9.78 Å². The predicted octanol–water partition coefficient (Wildman–Crippen LogP) is 3.69. The van der Waals surface area contributed by atoms with Gasteiger partial charge in [0.25, 0.3) is 0 Å². The molecule has 0 fully saturated rings. The minimum atomic E-state index is -4.32. The number of aromatic nitrogens is 2. The van der Waals surface area contributed by atoms with E-state index in [0.29, 0.717) is 23.7 Å². The first kappa shape index (κ1) is 15.9. The highest BCUT2D eigenvalue weighted by atomic mass is 35.5. The zero-order valence-corrected chi connectivity index (χ0v) is 12.4. The quantitative estimate of drug-likeness (QED) is 0.932. The lowest BCUT2D eigenvalue weighted by Crippen LogP contribution is -2.16. The van der Waals surface area contributed by atoms with E-state index in [0.717, 1.165) is 23.5 Å². The van der Waals surface area contributed by atoms with Crippen LogP contribution >= 0.6 is 11.6 Å². The van der Waals surface area contributed by atoms with Gasteiger partial charge in [-0.1, -0.05) is 29.8 Å². The van der Waals surface area contributed by atoms with Crippen LogP contribution in [0.15, 0.2) is 24.3 Å². The van der Waals surface area contributed by atoms with E-state index in [2.05, 4.69) is 10.4 Å². The van der Waals surface area contributed by atoms with Crippen LogP contribution in [-0.2, 0) is 26.3 Å². The smallest absolute Gasteiger partial charge is 0.307 e. The highest BCUT2D eigenvalue weighted by Crippen LogP contribution is 2.29. The Labute approximate surface area is 125 Å². The summed E-state index contributed by atoms with van der Waals surface area (Å²) in [7, 11) is 1.78. The van der Waals surface area contributed by atoms with Gasteiger partial charge >= 0.3 is 6.18 Å². The van der Waals surface area contributed by atoms with Gasteiger partial charge < -0.3 is 5.32 Å². The van der Waals surface area contributed by atoms with Crippen molar-refractivity contribution in [3.63, 3.8) is 0 Å². The average molecular weight is 318 g/mol. The summed E-state index contributed by atoms with van der Waals surface area (Å²) < 4.78 is 39.5. The third-order valence-corrected chi connectivity index (χ3v) is 3.63. The molecule has 1 N–H and O–H groups in total. The molecule has 7 heteroatoms. The van der Waals surface area contributed by atoms with Crippen molar-refractivity contribution in [3.8, 4) is 0 Å². The number of hydrogen-bond donors (Lipinski definition) is 1. The van der Waals surface area contributed by atoms with Crippen LogP contribution < -0.4 is 5.32 Å². The summed E-state index contributed by atoms with van der Waals surface area (Å²) in [5, 5.41) is 7.84. The van der Waals surface area contributed by atoms with Crippen LogP contribution in [0.5, 0.6) is 0 Å². The van der Waals surface area contributed by atoms with Gasteiger partial charge in [-0.2, -0.15) is 18.3 Å². The van der Waals surface area contributed by atoms with Crippen molar-refractivity contribution in [1.82, 2.24) is 15.1 Å². The molecule has 0 spiro atoms. The number of benzene rings is 1. The number of nitrogens with one attached hydrogen (secondary N) is 1. The van der Waals surface area contributed by atoms with E-state index in [4.69, 9.17) is 11.6 Å². The van der Waals surface area contributed by atoms with Gasteiger partial charge in [0.15, 0.2) is 0 Å². The van der Waals surface area contributed by atoms with Crippen molar-refractivity contribution in [2.75, 3.05) is 0 Å². The number of nitrogens with zero attached hydrogens (tertiary/aromatic N) is 2. The van der Waals surface area contributed by atoms with E-state index >= 15 is 0 Å². The molecule has 1 aromatic carbocycles. The van der Waals surface area contributed by atoms with Crippen molar-refractivity contribution in [1.29, 1.82) is 0 Å². The van der Waals surface area contributed by atoms with Crippen molar-refractivity contribution < 1.29 is 13.2 Å². The molecular weight excluding hydrogens is 303 g/mol. The van der Waals surface area contributed by atoms with Crippen LogP contribution in [0.4, 0.5) is 13.2 Å². The SMILES string of the molecule is Cc1nn(C)c(CNCc2cccc(C(F)(F)F)c2)c1Cl. The van der Waals surface area contributed by atoms with Gasteiger partial charge in [0.05, 0.1) is 22.0 Å². The minimum Gasteiger partial charge on any atom is -0.307 e. The van der Waals surface area contributed by atoms with Crippen molar-refractivity contribution in [2.45, 2.75) is 26.2 Å². The molecule has 1 heterocycles. The van der Waals surface area contributed by atoms with Crippen LogP contribution in [0.2, 0.25) is 5.02 Å². The monoisotopic (exact) mass is 317 g/mol. The molecule has 0 bridgehead atoms. The maximum Gasteiger partial charge on any atom is 0.416 e. The molecule has 3 nitrogen and oxygen atoms in total. The van der Waals surface area contributed by atoms with Gasteiger partial charge in [-0.05, 0) is 18.6 Å². The Bertz CT molecular complexity index is 635. The molecular formula is C14H15ClF3N3. The molecule has 0 aliphatic carbocycles. The predicted molar refractivity (Wildman–Crippen MR) is 74.9 cm³/mol. The molecule has 1 aromatic heterocycles. The summed E-state index contributed by atoms with van der Waals surface area (Å²) in [5.74, 6) is 0. The summed E-state index contributed by atoms with van der Waals surface area (Å²) in [6.45, 7) is 2.57. The van der Waals surface area contributed by atoms with E-state index in [1.807, 2.05) is 0 Å². The largest absolute Gasteiger partial charge is 0.416 e. The standard InChI is InChI=1S/C14H15ClF3N3/c1-9-13(15)12(21(2)20-9)8-19-7-10-4-3-5-11(6-10)14(16,17)18/h3-6,19H,7-8H2,1-2H3. The van der Waals surface area contributed by atoms with Crippen molar-refractivity contribution >= 4 is 11.6 Å². The van der Waals surface area contributed by atoms with E-state index in [-0.39, 0.29) is 0 Å². The van der Waals surface area contributed by atoms with E-state index < -0.39 is 11.7 Å². The Morgan fingerprint density at radius 1 is 1.29 bits per heavy atom. The minimum absolute atomic E-state index is 0.324. The highest BCUT2D eigenvalue weighted by molar-refractivity contribution is 6.31. The van der Waals surface area contributed by atoms with E-state index in [1.54, 1.807) is 24.7 Å². The molecule has 2 rings (SSSR count). The zero-order chi connectivity index (χ0) is 15.6. The number of rotatable bonds is 4. The van der Waals surface area contributed by atoms with Gasteiger partial charge in [-0.25, -0.2) is 0 Å². The first-order valence-corrected chi connectivity index (χ1v) is 6.71. The van der Waals surface area contributed by atoms with E-state index in [1.165, 1.54) is 6.07 Å². The van der Waals surface area contributed by atoms with Crippen LogP contribution in [0, 0.1) is 6.92 Å². The lowest BCUT2D eigenvalue weighted by molar-refractivity contribution is -0.137. The van der Waals surface area contributed by atoms with Gasteiger partial charge in [0.2, 0.25) is 0 Å². The van der Waals surface area contributed by atoms with Gasteiger partial charge in [-0.15, -0.1) is 0 Å². The summed E-state index contributed by atoms with van der Waals surface area (Å²) in [5.41, 5.74) is 1.47. The molecule has 0 atom stereocenters. The second-order valence-corrected chi connectivity index (χ2v) is 5.15.